The number of nitriles is 1. The summed E-state index contributed by atoms with van der Waals surface area (Å²) in [4.78, 5) is 24.9. The highest BCUT2D eigenvalue weighted by atomic mass is 16.6. The van der Waals surface area contributed by atoms with Crippen LogP contribution in [0.25, 0.3) is 0 Å². The molecule has 0 fully saturated rings. The molecule has 8 nitrogen and oxygen atoms in total. The SMILES string of the molecule is N#Cc1cccc(Oc2cc(C(=O)O)ccc2[N+](=O)[O-])n1. The van der Waals surface area contributed by atoms with Gasteiger partial charge in [-0.3, -0.25) is 10.1 Å². The van der Waals surface area contributed by atoms with Crippen molar-refractivity contribution in [2.24, 2.45) is 0 Å². The predicted molar refractivity (Wildman–Crippen MR) is 69.1 cm³/mol. The highest BCUT2D eigenvalue weighted by Crippen LogP contribution is 2.31. The fourth-order valence-corrected chi connectivity index (χ4v) is 1.53. The first-order valence-electron chi connectivity index (χ1n) is 5.58. The summed E-state index contributed by atoms with van der Waals surface area (Å²) in [6.45, 7) is 0. The van der Waals surface area contributed by atoms with Crippen molar-refractivity contribution in [1.29, 1.82) is 5.26 Å². The summed E-state index contributed by atoms with van der Waals surface area (Å²) < 4.78 is 5.24. The number of pyridine rings is 1. The van der Waals surface area contributed by atoms with E-state index in [1.807, 2.05) is 0 Å². The number of hydrogen-bond acceptors (Lipinski definition) is 6. The summed E-state index contributed by atoms with van der Waals surface area (Å²) in [5.74, 6) is -1.55. The van der Waals surface area contributed by atoms with Gasteiger partial charge in [-0.1, -0.05) is 6.07 Å². The summed E-state index contributed by atoms with van der Waals surface area (Å²) in [6.07, 6.45) is 0. The molecule has 0 saturated heterocycles. The van der Waals surface area contributed by atoms with Gasteiger partial charge in [0.2, 0.25) is 11.6 Å². The van der Waals surface area contributed by atoms with Crippen LogP contribution in [0.1, 0.15) is 16.1 Å². The molecule has 104 valence electrons. The summed E-state index contributed by atoms with van der Waals surface area (Å²) in [5, 5.41) is 28.6. The maximum absolute atomic E-state index is 10.9. The van der Waals surface area contributed by atoms with Crippen molar-refractivity contribution >= 4 is 11.7 Å². The van der Waals surface area contributed by atoms with Crippen molar-refractivity contribution in [3.8, 4) is 17.7 Å². The number of carboxylic acids is 1. The first kappa shape index (κ1) is 14.0. The van der Waals surface area contributed by atoms with Crippen LogP contribution in [0, 0.1) is 21.4 Å². The number of nitro benzene ring substituents is 1. The Labute approximate surface area is 118 Å². The topological polar surface area (TPSA) is 126 Å². The monoisotopic (exact) mass is 285 g/mol. The Morgan fingerprint density at radius 1 is 1.38 bits per heavy atom. The van der Waals surface area contributed by atoms with E-state index in [1.165, 1.54) is 18.2 Å². The normalized spacial score (nSPS) is 9.67. The summed E-state index contributed by atoms with van der Waals surface area (Å²) in [7, 11) is 0. The van der Waals surface area contributed by atoms with Gasteiger partial charge in [-0.15, -0.1) is 0 Å². The van der Waals surface area contributed by atoms with E-state index in [-0.39, 0.29) is 22.9 Å². The molecule has 2 aromatic rings. The predicted octanol–water partition coefficient (Wildman–Crippen LogP) is 2.35. The van der Waals surface area contributed by atoms with E-state index in [9.17, 15) is 14.9 Å². The molecule has 0 aliphatic heterocycles. The fraction of sp³-hybridized carbons (Fsp3) is 0. The van der Waals surface area contributed by atoms with E-state index in [0.717, 1.165) is 18.2 Å². The van der Waals surface area contributed by atoms with Crippen molar-refractivity contribution in [1.82, 2.24) is 4.98 Å². The molecular weight excluding hydrogens is 278 g/mol. The van der Waals surface area contributed by atoms with E-state index in [0.29, 0.717) is 0 Å². The second kappa shape index (κ2) is 5.66. The first-order chi connectivity index (χ1) is 10.0. The van der Waals surface area contributed by atoms with Crippen LogP contribution in [-0.2, 0) is 0 Å². The lowest BCUT2D eigenvalue weighted by molar-refractivity contribution is -0.385. The number of aromatic carboxylic acids is 1. The minimum Gasteiger partial charge on any atom is -0.478 e. The lowest BCUT2D eigenvalue weighted by atomic mass is 10.2. The summed E-state index contributed by atoms with van der Waals surface area (Å²) in [6, 6.07) is 9.30. The standard InChI is InChI=1S/C13H7N3O5/c14-7-9-2-1-3-12(15-9)21-11-6-8(13(17)18)4-5-10(11)16(19)20/h1-6H,(H,17,18). The van der Waals surface area contributed by atoms with Crippen LogP contribution < -0.4 is 4.74 Å². The molecule has 1 N–H and O–H groups in total. The fourth-order valence-electron chi connectivity index (χ4n) is 1.53. The van der Waals surface area contributed by atoms with Crippen LogP contribution >= 0.6 is 0 Å². The van der Waals surface area contributed by atoms with Gasteiger partial charge in [0, 0.05) is 18.2 Å². The second-order valence-electron chi connectivity index (χ2n) is 3.82. The number of hydrogen-bond donors (Lipinski definition) is 1. The number of carboxylic acid groups (broad SMARTS) is 1. The van der Waals surface area contributed by atoms with Crippen molar-refractivity contribution in [2.75, 3.05) is 0 Å². The molecule has 2 rings (SSSR count). The van der Waals surface area contributed by atoms with Crippen LogP contribution in [0.3, 0.4) is 0 Å². The van der Waals surface area contributed by atoms with Gasteiger partial charge in [0.05, 0.1) is 10.5 Å². The van der Waals surface area contributed by atoms with Gasteiger partial charge in [-0.05, 0) is 12.1 Å². The van der Waals surface area contributed by atoms with Crippen LogP contribution in [0.5, 0.6) is 11.6 Å². The number of carbonyl (C=O) groups is 1. The lowest BCUT2D eigenvalue weighted by Gasteiger charge is -2.06. The van der Waals surface area contributed by atoms with Gasteiger partial charge in [0.15, 0.2) is 0 Å². The average molecular weight is 285 g/mol. The Morgan fingerprint density at radius 2 is 2.14 bits per heavy atom. The minimum atomic E-state index is -1.24. The van der Waals surface area contributed by atoms with Gasteiger partial charge >= 0.3 is 11.7 Å². The zero-order valence-electron chi connectivity index (χ0n) is 10.4. The Hall–Kier alpha value is -3.47. The molecule has 0 amide bonds. The molecule has 1 aromatic heterocycles. The van der Waals surface area contributed by atoms with Gasteiger partial charge in [-0.25, -0.2) is 9.78 Å². The van der Waals surface area contributed by atoms with Gasteiger partial charge in [-0.2, -0.15) is 5.26 Å². The molecule has 0 radical (unpaired) electrons. The molecule has 0 spiro atoms. The van der Waals surface area contributed by atoms with Crippen LogP contribution in [0.15, 0.2) is 36.4 Å². The number of ether oxygens (including phenoxy) is 1. The largest absolute Gasteiger partial charge is 0.478 e. The highest BCUT2D eigenvalue weighted by Gasteiger charge is 2.19. The van der Waals surface area contributed by atoms with Gasteiger partial charge in [0.1, 0.15) is 11.8 Å². The van der Waals surface area contributed by atoms with E-state index in [1.54, 1.807) is 6.07 Å². The second-order valence-corrected chi connectivity index (χ2v) is 3.82. The molecule has 0 bridgehead atoms. The third-order valence-electron chi connectivity index (χ3n) is 2.46. The molecule has 1 heterocycles. The maximum atomic E-state index is 10.9. The van der Waals surface area contributed by atoms with E-state index < -0.39 is 16.6 Å². The highest BCUT2D eigenvalue weighted by molar-refractivity contribution is 5.88. The summed E-state index contributed by atoms with van der Waals surface area (Å²) in [5.41, 5.74) is -0.485. The third-order valence-corrected chi connectivity index (χ3v) is 2.46. The molecule has 0 aliphatic carbocycles. The van der Waals surface area contributed by atoms with E-state index in [2.05, 4.69) is 4.98 Å². The molecule has 21 heavy (non-hydrogen) atoms. The number of nitro groups is 1. The van der Waals surface area contributed by atoms with Crippen LogP contribution in [-0.4, -0.2) is 21.0 Å². The smallest absolute Gasteiger partial charge is 0.335 e. The molecule has 1 aromatic carbocycles. The van der Waals surface area contributed by atoms with Crippen molar-refractivity contribution < 1.29 is 19.6 Å². The van der Waals surface area contributed by atoms with Crippen LogP contribution in [0.2, 0.25) is 0 Å². The average Bonchev–Trinajstić information content (AvgIpc) is 2.47. The first-order valence-corrected chi connectivity index (χ1v) is 5.58. The van der Waals surface area contributed by atoms with E-state index >= 15 is 0 Å². The molecule has 8 heteroatoms. The molecule has 0 aliphatic rings. The van der Waals surface area contributed by atoms with Crippen molar-refractivity contribution in [2.45, 2.75) is 0 Å². The number of benzene rings is 1. The van der Waals surface area contributed by atoms with Gasteiger partial charge < -0.3 is 9.84 Å². The molecular formula is C13H7N3O5. The molecule has 0 atom stereocenters. The number of rotatable bonds is 4. The van der Waals surface area contributed by atoms with E-state index in [4.69, 9.17) is 15.1 Å². The number of nitrogens with zero attached hydrogens (tertiary/aromatic N) is 3. The quantitative estimate of drug-likeness (QED) is 0.674. The molecule has 0 saturated carbocycles. The van der Waals surface area contributed by atoms with Crippen LogP contribution in [0.4, 0.5) is 5.69 Å². The lowest BCUT2D eigenvalue weighted by Crippen LogP contribution is -2.00. The Balaban J connectivity index is 2.45. The zero-order valence-corrected chi connectivity index (χ0v) is 10.4. The molecule has 0 unspecified atom stereocenters. The Kier molecular flexibility index (Phi) is 3.76. The minimum absolute atomic E-state index is 0.0420. The summed E-state index contributed by atoms with van der Waals surface area (Å²) >= 11 is 0. The number of aromatic nitrogens is 1. The maximum Gasteiger partial charge on any atom is 0.335 e. The van der Waals surface area contributed by atoms with Crippen molar-refractivity contribution in [3.05, 3.63) is 57.8 Å². The Bertz CT molecular complexity index is 767. The Morgan fingerprint density at radius 3 is 2.76 bits per heavy atom. The third kappa shape index (κ3) is 3.10. The van der Waals surface area contributed by atoms with Gasteiger partial charge in [0.25, 0.3) is 0 Å². The van der Waals surface area contributed by atoms with Crippen molar-refractivity contribution in [3.63, 3.8) is 0 Å². The zero-order chi connectivity index (χ0) is 15.4.